The Labute approximate surface area is 81.3 Å². The van der Waals surface area contributed by atoms with Crippen molar-refractivity contribution < 1.29 is 4.79 Å². The van der Waals surface area contributed by atoms with E-state index in [1.807, 2.05) is 13.8 Å². The minimum atomic E-state index is 0.146. The van der Waals surface area contributed by atoms with Gasteiger partial charge in [-0.1, -0.05) is 13.8 Å². The minimum Gasteiger partial charge on any atom is -0.298 e. The molecule has 76 valence electrons. The molecular formula is C11H21NO. The lowest BCUT2D eigenvalue weighted by Crippen LogP contribution is -2.44. The van der Waals surface area contributed by atoms with Crippen molar-refractivity contribution >= 4 is 5.78 Å². The lowest BCUT2D eigenvalue weighted by molar-refractivity contribution is -0.124. The van der Waals surface area contributed by atoms with Gasteiger partial charge in [-0.05, 0) is 32.2 Å². The Bertz CT molecular complexity index is 179. The van der Waals surface area contributed by atoms with Crippen LogP contribution >= 0.6 is 0 Å². The fraction of sp³-hybridized carbons (Fsp3) is 0.909. The van der Waals surface area contributed by atoms with Crippen molar-refractivity contribution in [3.8, 4) is 0 Å². The highest BCUT2D eigenvalue weighted by Gasteiger charge is 2.24. The summed E-state index contributed by atoms with van der Waals surface area (Å²) in [6.07, 6.45) is 3.25. The van der Waals surface area contributed by atoms with Crippen LogP contribution in [0, 0.1) is 5.92 Å². The number of rotatable bonds is 3. The largest absolute Gasteiger partial charge is 0.298 e. The predicted molar refractivity (Wildman–Crippen MR) is 54.7 cm³/mol. The molecule has 0 spiro atoms. The molecule has 2 unspecified atom stereocenters. The van der Waals surface area contributed by atoms with E-state index in [1.54, 1.807) is 0 Å². The molecule has 1 fully saturated rings. The highest BCUT2D eigenvalue weighted by Crippen LogP contribution is 2.18. The third-order valence-corrected chi connectivity index (χ3v) is 3.05. The number of carbonyl (C=O) groups is 1. The van der Waals surface area contributed by atoms with Crippen LogP contribution in [0.3, 0.4) is 0 Å². The van der Waals surface area contributed by atoms with Gasteiger partial charge in [-0.2, -0.15) is 0 Å². The summed E-state index contributed by atoms with van der Waals surface area (Å²) < 4.78 is 0. The number of hydrogen-bond acceptors (Lipinski definition) is 2. The molecule has 13 heavy (non-hydrogen) atoms. The molecule has 0 aromatic rings. The number of nitrogens with zero attached hydrogens (tertiary/aromatic N) is 1. The van der Waals surface area contributed by atoms with E-state index in [0.717, 1.165) is 19.0 Å². The fourth-order valence-electron chi connectivity index (χ4n) is 2.08. The van der Waals surface area contributed by atoms with Crippen molar-refractivity contribution in [2.24, 2.45) is 5.92 Å². The summed E-state index contributed by atoms with van der Waals surface area (Å²) in [5, 5.41) is 0. The molecule has 1 saturated heterocycles. The van der Waals surface area contributed by atoms with Crippen LogP contribution in [0.2, 0.25) is 0 Å². The van der Waals surface area contributed by atoms with Crippen molar-refractivity contribution in [3.05, 3.63) is 0 Å². The predicted octanol–water partition coefficient (Wildman–Crippen LogP) is 2.09. The van der Waals surface area contributed by atoms with Gasteiger partial charge in [0.2, 0.25) is 0 Å². The number of hydrogen-bond donors (Lipinski definition) is 0. The highest BCUT2D eigenvalue weighted by molar-refractivity contribution is 5.83. The number of ketones is 1. The van der Waals surface area contributed by atoms with E-state index in [4.69, 9.17) is 0 Å². The molecule has 0 aliphatic carbocycles. The summed E-state index contributed by atoms with van der Waals surface area (Å²) in [6, 6.07) is 0.146. The Hall–Kier alpha value is -0.370. The first-order chi connectivity index (χ1) is 6.15. The zero-order valence-electron chi connectivity index (χ0n) is 9.05. The molecule has 2 atom stereocenters. The maximum absolute atomic E-state index is 11.5. The Morgan fingerprint density at radius 1 is 1.62 bits per heavy atom. The lowest BCUT2D eigenvalue weighted by atomic mass is 9.98. The third-order valence-electron chi connectivity index (χ3n) is 3.05. The second-order valence-corrected chi connectivity index (χ2v) is 4.24. The van der Waals surface area contributed by atoms with Crippen molar-refractivity contribution in [2.75, 3.05) is 13.1 Å². The fourth-order valence-corrected chi connectivity index (χ4v) is 2.08. The van der Waals surface area contributed by atoms with Crippen LogP contribution in [-0.4, -0.2) is 29.8 Å². The Morgan fingerprint density at radius 2 is 2.31 bits per heavy atom. The van der Waals surface area contributed by atoms with Gasteiger partial charge in [-0.15, -0.1) is 0 Å². The second-order valence-electron chi connectivity index (χ2n) is 4.24. The number of carbonyl (C=O) groups excluding carboxylic acids is 1. The van der Waals surface area contributed by atoms with E-state index in [-0.39, 0.29) is 6.04 Å². The van der Waals surface area contributed by atoms with Crippen molar-refractivity contribution in [3.63, 3.8) is 0 Å². The summed E-state index contributed by atoms with van der Waals surface area (Å²) in [5.41, 5.74) is 0. The minimum absolute atomic E-state index is 0.146. The maximum Gasteiger partial charge on any atom is 0.149 e. The zero-order valence-corrected chi connectivity index (χ0v) is 9.05. The molecule has 2 nitrogen and oxygen atoms in total. The van der Waals surface area contributed by atoms with Crippen molar-refractivity contribution in [1.29, 1.82) is 0 Å². The maximum atomic E-state index is 11.5. The van der Waals surface area contributed by atoms with Gasteiger partial charge in [0.1, 0.15) is 5.78 Å². The van der Waals surface area contributed by atoms with Gasteiger partial charge < -0.3 is 0 Å². The van der Waals surface area contributed by atoms with E-state index in [0.29, 0.717) is 12.2 Å². The van der Waals surface area contributed by atoms with E-state index in [1.165, 1.54) is 12.8 Å². The van der Waals surface area contributed by atoms with Gasteiger partial charge in [0, 0.05) is 13.0 Å². The first kappa shape index (κ1) is 10.7. The van der Waals surface area contributed by atoms with Crippen LogP contribution in [0.15, 0.2) is 0 Å². The first-order valence-electron chi connectivity index (χ1n) is 5.42. The summed E-state index contributed by atoms with van der Waals surface area (Å²) in [4.78, 5) is 13.8. The smallest absolute Gasteiger partial charge is 0.149 e. The van der Waals surface area contributed by atoms with Gasteiger partial charge in [0.25, 0.3) is 0 Å². The van der Waals surface area contributed by atoms with Gasteiger partial charge in [0.05, 0.1) is 6.04 Å². The van der Waals surface area contributed by atoms with Crippen LogP contribution < -0.4 is 0 Å². The van der Waals surface area contributed by atoms with E-state index in [9.17, 15) is 4.79 Å². The van der Waals surface area contributed by atoms with Crippen molar-refractivity contribution in [1.82, 2.24) is 4.90 Å². The Kier molecular flexibility index (Phi) is 3.91. The number of piperidine rings is 1. The Morgan fingerprint density at radius 3 is 2.85 bits per heavy atom. The first-order valence-corrected chi connectivity index (χ1v) is 5.42. The molecule has 1 aliphatic heterocycles. The second kappa shape index (κ2) is 4.75. The molecule has 0 bridgehead atoms. The molecule has 1 aliphatic rings. The monoisotopic (exact) mass is 183 g/mol. The summed E-state index contributed by atoms with van der Waals surface area (Å²) in [6.45, 7) is 8.48. The van der Waals surface area contributed by atoms with E-state index >= 15 is 0 Å². The Balaban J connectivity index is 2.45. The SMILES string of the molecule is CCC(=O)C(C)N1CCCC(C)C1. The molecule has 0 N–H and O–H groups in total. The highest BCUT2D eigenvalue weighted by atomic mass is 16.1. The number of likely N-dealkylation sites (tertiary alicyclic amines) is 1. The average molecular weight is 183 g/mol. The zero-order chi connectivity index (χ0) is 9.84. The molecule has 1 rings (SSSR count). The van der Waals surface area contributed by atoms with E-state index < -0.39 is 0 Å². The topological polar surface area (TPSA) is 20.3 Å². The van der Waals surface area contributed by atoms with Crippen LogP contribution in [-0.2, 0) is 4.79 Å². The molecule has 2 heteroatoms. The van der Waals surface area contributed by atoms with Crippen LogP contribution in [0.1, 0.15) is 40.0 Å². The number of Topliss-reactive ketones (excluding diaryl/α,β-unsaturated/α-hetero) is 1. The summed E-state index contributed by atoms with van der Waals surface area (Å²) in [5.74, 6) is 1.15. The van der Waals surface area contributed by atoms with Crippen molar-refractivity contribution in [2.45, 2.75) is 46.1 Å². The van der Waals surface area contributed by atoms with Crippen LogP contribution in [0.4, 0.5) is 0 Å². The summed E-state index contributed by atoms with van der Waals surface area (Å²) >= 11 is 0. The molecule has 0 saturated carbocycles. The molecule has 1 heterocycles. The third kappa shape index (κ3) is 2.80. The molecule has 0 amide bonds. The van der Waals surface area contributed by atoms with Crippen LogP contribution in [0.5, 0.6) is 0 Å². The molecule has 0 aromatic carbocycles. The van der Waals surface area contributed by atoms with Gasteiger partial charge >= 0.3 is 0 Å². The molecule has 0 aromatic heterocycles. The van der Waals surface area contributed by atoms with E-state index in [2.05, 4.69) is 11.8 Å². The van der Waals surface area contributed by atoms with Gasteiger partial charge in [-0.3, -0.25) is 9.69 Å². The summed E-state index contributed by atoms with van der Waals surface area (Å²) in [7, 11) is 0. The van der Waals surface area contributed by atoms with Gasteiger partial charge in [-0.25, -0.2) is 0 Å². The van der Waals surface area contributed by atoms with Gasteiger partial charge in [0.15, 0.2) is 0 Å². The standard InChI is InChI=1S/C11H21NO/c1-4-11(13)10(3)12-7-5-6-9(2)8-12/h9-10H,4-8H2,1-3H3. The molecule has 0 radical (unpaired) electrons. The molecular weight excluding hydrogens is 162 g/mol. The normalized spacial score (nSPS) is 27.2. The van der Waals surface area contributed by atoms with Crippen LogP contribution in [0.25, 0.3) is 0 Å². The quantitative estimate of drug-likeness (QED) is 0.667. The average Bonchev–Trinajstić information content (AvgIpc) is 2.15. The lowest BCUT2D eigenvalue weighted by Gasteiger charge is -2.34.